The number of rotatable bonds is 3. The zero-order valence-corrected chi connectivity index (χ0v) is 11.9. The van der Waals surface area contributed by atoms with Crippen LogP contribution in [-0.2, 0) is 9.53 Å². The van der Waals surface area contributed by atoms with E-state index in [4.69, 9.17) is 9.84 Å². The number of nitrogens with one attached hydrogen (secondary N) is 1. The first kappa shape index (κ1) is 15.9. The molecule has 20 heavy (non-hydrogen) atoms. The van der Waals surface area contributed by atoms with Crippen molar-refractivity contribution in [2.24, 2.45) is 0 Å². The summed E-state index contributed by atoms with van der Waals surface area (Å²) in [6, 6.07) is 3.75. The summed E-state index contributed by atoms with van der Waals surface area (Å²) in [6.07, 6.45) is -0.682. The Labute approximate surface area is 116 Å². The largest absolute Gasteiger partial charge is 0.481 e. The minimum Gasteiger partial charge on any atom is -0.481 e. The fourth-order valence-electron chi connectivity index (χ4n) is 1.51. The second-order valence-corrected chi connectivity index (χ2v) is 5.42. The maximum absolute atomic E-state index is 13.6. The van der Waals surface area contributed by atoms with Crippen LogP contribution in [0.2, 0.25) is 0 Å². The standard InChI is InChI=1S/C14H18FNO4/c1-8(12(17)18)10-7-9(5-6-11(10)15)16-13(19)20-14(2,3)4/h5-8H,1-4H3,(H,16,19)(H,17,18). The van der Waals surface area contributed by atoms with Gasteiger partial charge < -0.3 is 9.84 Å². The van der Waals surface area contributed by atoms with E-state index >= 15 is 0 Å². The lowest BCUT2D eigenvalue weighted by Crippen LogP contribution is -2.27. The number of benzene rings is 1. The summed E-state index contributed by atoms with van der Waals surface area (Å²) in [5.41, 5.74) is -0.365. The lowest BCUT2D eigenvalue weighted by Gasteiger charge is -2.20. The molecule has 1 unspecified atom stereocenters. The van der Waals surface area contributed by atoms with Gasteiger partial charge >= 0.3 is 12.1 Å². The van der Waals surface area contributed by atoms with E-state index in [1.807, 2.05) is 0 Å². The number of amides is 1. The summed E-state index contributed by atoms with van der Waals surface area (Å²) in [6.45, 7) is 6.53. The van der Waals surface area contributed by atoms with Crippen LogP contribution in [0.3, 0.4) is 0 Å². The lowest BCUT2D eigenvalue weighted by atomic mass is 10.0. The van der Waals surface area contributed by atoms with E-state index in [2.05, 4.69) is 5.32 Å². The molecule has 0 fully saturated rings. The average Bonchev–Trinajstić information content (AvgIpc) is 2.28. The number of hydrogen-bond acceptors (Lipinski definition) is 3. The molecule has 0 radical (unpaired) electrons. The van der Waals surface area contributed by atoms with Crippen molar-refractivity contribution >= 4 is 17.7 Å². The molecule has 0 spiro atoms. The minimum absolute atomic E-state index is 0.00561. The van der Waals surface area contributed by atoms with Crippen LogP contribution in [-0.4, -0.2) is 22.8 Å². The molecule has 0 heterocycles. The van der Waals surface area contributed by atoms with Crippen molar-refractivity contribution < 1.29 is 23.8 Å². The molecule has 1 rings (SSSR count). The van der Waals surface area contributed by atoms with Gasteiger partial charge in [0.25, 0.3) is 0 Å². The summed E-state index contributed by atoms with van der Waals surface area (Å²) in [4.78, 5) is 22.5. The maximum atomic E-state index is 13.6. The number of ether oxygens (including phenoxy) is 1. The van der Waals surface area contributed by atoms with Crippen molar-refractivity contribution in [1.82, 2.24) is 0 Å². The molecule has 1 amide bonds. The molecule has 1 atom stereocenters. The first-order valence-corrected chi connectivity index (χ1v) is 6.12. The molecule has 0 aromatic heterocycles. The Bertz CT molecular complexity index is 522. The third-order valence-corrected chi connectivity index (χ3v) is 2.48. The highest BCUT2D eigenvalue weighted by molar-refractivity contribution is 5.85. The lowest BCUT2D eigenvalue weighted by molar-refractivity contribution is -0.138. The van der Waals surface area contributed by atoms with E-state index < -0.39 is 29.4 Å². The maximum Gasteiger partial charge on any atom is 0.412 e. The second kappa shape index (κ2) is 5.90. The smallest absolute Gasteiger partial charge is 0.412 e. The fourth-order valence-corrected chi connectivity index (χ4v) is 1.51. The molecule has 0 aliphatic rings. The van der Waals surface area contributed by atoms with Gasteiger partial charge in [0.15, 0.2) is 0 Å². The number of aliphatic carboxylic acids is 1. The van der Waals surface area contributed by atoms with Gasteiger partial charge in [0.1, 0.15) is 11.4 Å². The molecule has 1 aromatic rings. The molecule has 0 bridgehead atoms. The summed E-state index contributed by atoms with van der Waals surface area (Å²) >= 11 is 0. The topological polar surface area (TPSA) is 75.6 Å². The molecule has 0 aliphatic heterocycles. The van der Waals surface area contributed by atoms with E-state index in [-0.39, 0.29) is 11.3 Å². The summed E-state index contributed by atoms with van der Waals surface area (Å²) < 4.78 is 18.6. The number of carboxylic acids is 1. The zero-order chi connectivity index (χ0) is 15.5. The summed E-state index contributed by atoms with van der Waals surface area (Å²) in [5, 5.41) is 11.3. The van der Waals surface area contributed by atoms with Gasteiger partial charge in [-0.15, -0.1) is 0 Å². The van der Waals surface area contributed by atoms with E-state index in [0.29, 0.717) is 0 Å². The molecular weight excluding hydrogens is 265 g/mol. The summed E-state index contributed by atoms with van der Waals surface area (Å²) in [5.74, 6) is -2.77. The Morgan fingerprint density at radius 2 is 1.95 bits per heavy atom. The van der Waals surface area contributed by atoms with Gasteiger partial charge in [0.05, 0.1) is 5.92 Å². The van der Waals surface area contributed by atoms with E-state index in [0.717, 1.165) is 6.07 Å². The number of anilines is 1. The highest BCUT2D eigenvalue weighted by Crippen LogP contribution is 2.23. The third-order valence-electron chi connectivity index (χ3n) is 2.48. The van der Waals surface area contributed by atoms with Crippen molar-refractivity contribution in [2.45, 2.75) is 39.2 Å². The monoisotopic (exact) mass is 283 g/mol. The molecule has 110 valence electrons. The number of hydrogen-bond donors (Lipinski definition) is 2. The quantitative estimate of drug-likeness (QED) is 0.891. The Hall–Kier alpha value is -2.11. The normalized spacial score (nSPS) is 12.7. The highest BCUT2D eigenvalue weighted by atomic mass is 19.1. The van der Waals surface area contributed by atoms with Crippen molar-refractivity contribution in [2.75, 3.05) is 5.32 Å². The first-order chi connectivity index (χ1) is 9.10. The predicted octanol–water partition coefficient (Wildman–Crippen LogP) is 3.36. The van der Waals surface area contributed by atoms with Gasteiger partial charge in [-0.1, -0.05) is 0 Å². The van der Waals surface area contributed by atoms with E-state index in [9.17, 15) is 14.0 Å². The average molecular weight is 283 g/mol. The van der Waals surface area contributed by atoms with Crippen LogP contribution >= 0.6 is 0 Å². The highest BCUT2D eigenvalue weighted by Gasteiger charge is 2.20. The van der Waals surface area contributed by atoms with Gasteiger partial charge in [0.2, 0.25) is 0 Å². The third kappa shape index (κ3) is 4.53. The van der Waals surface area contributed by atoms with Crippen LogP contribution < -0.4 is 5.32 Å². The Morgan fingerprint density at radius 1 is 1.35 bits per heavy atom. The Kier molecular flexibility index (Phi) is 4.70. The van der Waals surface area contributed by atoms with Gasteiger partial charge in [-0.25, -0.2) is 9.18 Å². The SMILES string of the molecule is CC(C(=O)O)c1cc(NC(=O)OC(C)(C)C)ccc1F. The van der Waals surface area contributed by atoms with Gasteiger partial charge in [-0.05, 0) is 45.9 Å². The van der Waals surface area contributed by atoms with Gasteiger partial charge in [-0.2, -0.15) is 0 Å². The molecule has 2 N–H and O–H groups in total. The number of carboxylic acid groups (broad SMARTS) is 1. The van der Waals surface area contributed by atoms with Gasteiger partial charge in [0, 0.05) is 11.3 Å². The van der Waals surface area contributed by atoms with Crippen LogP contribution in [0.25, 0.3) is 0 Å². The molecular formula is C14H18FNO4. The summed E-state index contributed by atoms with van der Waals surface area (Å²) in [7, 11) is 0. The molecule has 5 nitrogen and oxygen atoms in total. The Morgan fingerprint density at radius 3 is 2.45 bits per heavy atom. The molecule has 0 aliphatic carbocycles. The number of halogens is 1. The number of carbonyl (C=O) groups is 2. The molecule has 0 saturated heterocycles. The van der Waals surface area contributed by atoms with Crippen molar-refractivity contribution in [3.8, 4) is 0 Å². The Balaban J connectivity index is 2.91. The number of carbonyl (C=O) groups excluding carboxylic acids is 1. The van der Waals surface area contributed by atoms with E-state index in [1.54, 1.807) is 20.8 Å². The predicted molar refractivity (Wildman–Crippen MR) is 72.3 cm³/mol. The minimum atomic E-state index is -1.14. The van der Waals surface area contributed by atoms with Crippen molar-refractivity contribution in [3.63, 3.8) is 0 Å². The zero-order valence-electron chi connectivity index (χ0n) is 11.9. The van der Waals surface area contributed by atoms with Crippen LogP contribution in [0, 0.1) is 5.82 Å². The van der Waals surface area contributed by atoms with Crippen LogP contribution in [0.4, 0.5) is 14.9 Å². The molecule has 1 aromatic carbocycles. The van der Waals surface area contributed by atoms with Gasteiger partial charge in [-0.3, -0.25) is 10.1 Å². The van der Waals surface area contributed by atoms with E-state index in [1.165, 1.54) is 19.1 Å². The van der Waals surface area contributed by atoms with Crippen molar-refractivity contribution in [3.05, 3.63) is 29.6 Å². The van der Waals surface area contributed by atoms with Crippen LogP contribution in [0.15, 0.2) is 18.2 Å². The van der Waals surface area contributed by atoms with Crippen molar-refractivity contribution in [1.29, 1.82) is 0 Å². The molecule has 6 heteroatoms. The fraction of sp³-hybridized carbons (Fsp3) is 0.429. The first-order valence-electron chi connectivity index (χ1n) is 6.12. The van der Waals surface area contributed by atoms with Crippen LogP contribution in [0.5, 0.6) is 0 Å². The second-order valence-electron chi connectivity index (χ2n) is 5.42. The van der Waals surface area contributed by atoms with Crippen LogP contribution in [0.1, 0.15) is 39.2 Å². The molecule has 0 saturated carbocycles.